The zero-order chi connectivity index (χ0) is 17.9. The molecule has 0 N–H and O–H groups in total. The maximum Gasteiger partial charge on any atom is 0.339 e. The van der Waals surface area contributed by atoms with Crippen molar-refractivity contribution in [2.75, 3.05) is 13.4 Å². The van der Waals surface area contributed by atoms with Gasteiger partial charge in [0.2, 0.25) is 5.16 Å². The molecule has 0 saturated heterocycles. The van der Waals surface area contributed by atoms with Crippen LogP contribution in [0.15, 0.2) is 22.2 Å². The fraction of sp³-hybridized carbons (Fsp3) is 0.385. The number of aryl methyl sites for hydroxylation is 1. The van der Waals surface area contributed by atoms with Gasteiger partial charge in [-0.25, -0.2) is 17.9 Å². The Labute approximate surface area is 148 Å². The van der Waals surface area contributed by atoms with E-state index in [1.165, 1.54) is 31.0 Å². The number of esters is 1. The molecule has 0 aliphatic rings. The summed E-state index contributed by atoms with van der Waals surface area (Å²) in [6, 6.07) is 2.70. The Morgan fingerprint density at radius 2 is 2.12 bits per heavy atom. The van der Waals surface area contributed by atoms with E-state index in [0.29, 0.717) is 17.3 Å². The van der Waals surface area contributed by atoms with Crippen LogP contribution in [0.1, 0.15) is 22.8 Å². The van der Waals surface area contributed by atoms with Crippen LogP contribution in [-0.2, 0) is 26.9 Å². The van der Waals surface area contributed by atoms with Crippen LogP contribution in [0.25, 0.3) is 0 Å². The van der Waals surface area contributed by atoms with Gasteiger partial charge in [-0.1, -0.05) is 23.4 Å². The van der Waals surface area contributed by atoms with E-state index in [0.717, 1.165) is 6.26 Å². The van der Waals surface area contributed by atoms with Gasteiger partial charge >= 0.3 is 5.97 Å². The second-order valence-electron chi connectivity index (χ2n) is 4.73. The molecule has 0 bridgehead atoms. The van der Waals surface area contributed by atoms with E-state index in [4.69, 9.17) is 11.6 Å². The number of nitrogens with zero attached hydrogens (tertiary/aromatic N) is 4. The minimum Gasteiger partial charge on any atom is -0.465 e. The number of tetrazole rings is 1. The monoisotopic (exact) mass is 390 g/mol. The molecule has 130 valence electrons. The molecule has 24 heavy (non-hydrogen) atoms. The van der Waals surface area contributed by atoms with Crippen molar-refractivity contribution in [1.82, 2.24) is 20.2 Å². The van der Waals surface area contributed by atoms with Crippen molar-refractivity contribution in [2.24, 2.45) is 0 Å². The van der Waals surface area contributed by atoms with E-state index in [9.17, 15) is 13.2 Å². The molecule has 0 saturated carbocycles. The zero-order valence-electron chi connectivity index (χ0n) is 13.2. The van der Waals surface area contributed by atoms with Gasteiger partial charge in [-0.15, -0.1) is 5.10 Å². The third kappa shape index (κ3) is 3.87. The van der Waals surface area contributed by atoms with Gasteiger partial charge in [0.25, 0.3) is 0 Å². The Balaban J connectivity index is 2.46. The van der Waals surface area contributed by atoms with E-state index in [1.54, 1.807) is 4.68 Å². The highest BCUT2D eigenvalue weighted by Crippen LogP contribution is 2.33. The predicted molar refractivity (Wildman–Crippen MR) is 89.0 cm³/mol. The van der Waals surface area contributed by atoms with Crippen molar-refractivity contribution < 1.29 is 17.9 Å². The number of methoxy groups -OCH3 is 1. The van der Waals surface area contributed by atoms with Gasteiger partial charge in [0.05, 0.1) is 22.6 Å². The summed E-state index contributed by atoms with van der Waals surface area (Å²) in [5, 5.41) is 11.8. The fourth-order valence-corrected chi connectivity index (χ4v) is 4.44. The van der Waals surface area contributed by atoms with E-state index in [-0.39, 0.29) is 21.2 Å². The second kappa shape index (κ2) is 7.49. The number of carbonyl (C=O) groups is 1. The van der Waals surface area contributed by atoms with E-state index in [2.05, 4.69) is 20.3 Å². The van der Waals surface area contributed by atoms with Gasteiger partial charge in [-0.3, -0.25) is 0 Å². The Kier molecular flexibility index (Phi) is 5.83. The molecule has 0 aliphatic heterocycles. The lowest BCUT2D eigenvalue weighted by atomic mass is 10.1. The molecule has 0 unspecified atom stereocenters. The molecular weight excluding hydrogens is 376 g/mol. The minimum absolute atomic E-state index is 0.0489. The first-order chi connectivity index (χ1) is 11.3. The molecule has 0 fully saturated rings. The molecular formula is C13H15ClN4O4S2. The van der Waals surface area contributed by atoms with Crippen molar-refractivity contribution in [2.45, 2.75) is 29.3 Å². The highest BCUT2D eigenvalue weighted by Gasteiger charge is 2.22. The van der Waals surface area contributed by atoms with Gasteiger partial charge in [-0.05, 0) is 29.5 Å². The minimum atomic E-state index is -3.52. The molecule has 0 spiro atoms. The summed E-state index contributed by atoms with van der Waals surface area (Å²) < 4.78 is 30.3. The predicted octanol–water partition coefficient (Wildman–Crippen LogP) is 1.83. The van der Waals surface area contributed by atoms with Crippen molar-refractivity contribution in [3.63, 3.8) is 0 Å². The van der Waals surface area contributed by atoms with E-state index in [1.807, 2.05) is 6.92 Å². The second-order valence-corrected chi connectivity index (χ2v) is 8.04. The first kappa shape index (κ1) is 18.7. The molecule has 2 rings (SSSR count). The standard InChI is InChI=1S/C13H15ClN4O4S2/c1-4-18-13(15-16-17-18)23-7-9-10(24(3,20)21)6-5-8(11(9)14)12(19)22-2/h5-6H,4,7H2,1-3H3. The number of ether oxygens (including phenoxy) is 1. The van der Waals surface area contributed by atoms with Crippen LogP contribution >= 0.6 is 23.4 Å². The third-order valence-electron chi connectivity index (χ3n) is 3.15. The summed E-state index contributed by atoms with van der Waals surface area (Å²) in [7, 11) is -2.29. The first-order valence-corrected chi connectivity index (χ1v) is 10.0. The summed E-state index contributed by atoms with van der Waals surface area (Å²) >= 11 is 7.50. The average molecular weight is 391 g/mol. The topological polar surface area (TPSA) is 104 Å². The SMILES string of the molecule is CCn1nnnc1SCc1c(S(C)(=O)=O)ccc(C(=O)OC)c1Cl. The molecule has 11 heteroatoms. The van der Waals surface area contributed by atoms with Crippen LogP contribution in [-0.4, -0.2) is 48.0 Å². The summed E-state index contributed by atoms with van der Waals surface area (Å²) in [5.74, 6) is -0.448. The highest BCUT2D eigenvalue weighted by molar-refractivity contribution is 7.98. The van der Waals surface area contributed by atoms with Gasteiger partial charge in [0.1, 0.15) is 0 Å². The summed E-state index contributed by atoms with van der Waals surface area (Å²) in [6.45, 7) is 2.46. The molecule has 1 heterocycles. The van der Waals surface area contributed by atoms with Crippen molar-refractivity contribution in [3.05, 3.63) is 28.3 Å². The quantitative estimate of drug-likeness (QED) is 0.543. The normalized spacial score (nSPS) is 11.5. The Morgan fingerprint density at radius 3 is 2.71 bits per heavy atom. The number of thioether (sulfide) groups is 1. The maximum atomic E-state index is 12.0. The molecule has 1 aromatic carbocycles. The Hall–Kier alpha value is -1.65. The summed E-state index contributed by atoms with van der Waals surface area (Å²) in [4.78, 5) is 11.8. The lowest BCUT2D eigenvalue weighted by molar-refractivity contribution is 0.0600. The largest absolute Gasteiger partial charge is 0.465 e. The Morgan fingerprint density at radius 1 is 1.42 bits per heavy atom. The molecule has 0 aliphatic carbocycles. The van der Waals surface area contributed by atoms with Gasteiger partial charge in [-0.2, -0.15) is 0 Å². The maximum absolute atomic E-state index is 12.0. The lowest BCUT2D eigenvalue weighted by Crippen LogP contribution is -2.09. The number of hydrogen-bond acceptors (Lipinski definition) is 8. The molecule has 0 radical (unpaired) electrons. The third-order valence-corrected chi connectivity index (χ3v) is 5.75. The lowest BCUT2D eigenvalue weighted by Gasteiger charge is -2.12. The van der Waals surface area contributed by atoms with Gasteiger partial charge in [0.15, 0.2) is 9.84 Å². The smallest absolute Gasteiger partial charge is 0.339 e. The van der Waals surface area contributed by atoms with Crippen molar-refractivity contribution >= 4 is 39.2 Å². The van der Waals surface area contributed by atoms with Crippen molar-refractivity contribution in [1.29, 1.82) is 0 Å². The van der Waals surface area contributed by atoms with Gasteiger partial charge < -0.3 is 4.74 Å². The van der Waals surface area contributed by atoms with Crippen LogP contribution in [0.3, 0.4) is 0 Å². The Bertz CT molecular complexity index is 867. The number of carbonyl (C=O) groups excluding carboxylic acids is 1. The zero-order valence-corrected chi connectivity index (χ0v) is 15.6. The summed E-state index contributed by atoms with van der Waals surface area (Å²) in [6.07, 6.45) is 1.08. The summed E-state index contributed by atoms with van der Waals surface area (Å²) in [5.41, 5.74) is 0.426. The van der Waals surface area contributed by atoms with Crippen LogP contribution in [0, 0.1) is 0 Å². The van der Waals surface area contributed by atoms with E-state index < -0.39 is 15.8 Å². The number of sulfone groups is 1. The number of hydrogen-bond donors (Lipinski definition) is 0. The highest BCUT2D eigenvalue weighted by atomic mass is 35.5. The van der Waals surface area contributed by atoms with Crippen LogP contribution in [0.4, 0.5) is 0 Å². The van der Waals surface area contributed by atoms with Crippen LogP contribution < -0.4 is 0 Å². The molecule has 2 aromatic rings. The average Bonchev–Trinajstić information content (AvgIpc) is 2.99. The number of benzene rings is 1. The molecule has 0 amide bonds. The molecule has 0 atom stereocenters. The van der Waals surface area contributed by atoms with Crippen LogP contribution in [0.2, 0.25) is 5.02 Å². The van der Waals surface area contributed by atoms with E-state index >= 15 is 0 Å². The van der Waals surface area contributed by atoms with Crippen LogP contribution in [0.5, 0.6) is 0 Å². The van der Waals surface area contributed by atoms with Gasteiger partial charge in [0, 0.05) is 24.1 Å². The molecule has 1 aromatic heterocycles. The first-order valence-electron chi connectivity index (χ1n) is 6.78. The molecule has 8 nitrogen and oxygen atoms in total. The number of aromatic nitrogens is 4. The number of halogens is 1. The van der Waals surface area contributed by atoms with Crippen molar-refractivity contribution in [3.8, 4) is 0 Å². The fourth-order valence-electron chi connectivity index (χ4n) is 1.99. The number of rotatable bonds is 6.